The molecule has 0 unspecified atom stereocenters. The first-order valence-electron chi connectivity index (χ1n) is 5.49. The molecule has 0 amide bonds. The summed E-state index contributed by atoms with van der Waals surface area (Å²) in [6.07, 6.45) is -2.78. The lowest BCUT2D eigenvalue weighted by Crippen LogP contribution is -2.18. The number of alkyl halides is 3. The Labute approximate surface area is 101 Å². The first-order valence-corrected chi connectivity index (χ1v) is 5.49. The van der Waals surface area contributed by atoms with Gasteiger partial charge in [-0.25, -0.2) is 0 Å². The Bertz CT molecular complexity index is 468. The van der Waals surface area contributed by atoms with Crippen LogP contribution in [0.3, 0.4) is 0 Å². The van der Waals surface area contributed by atoms with E-state index in [-0.39, 0.29) is 5.69 Å². The molecule has 0 aliphatic carbocycles. The molecule has 1 heterocycles. The molecule has 0 radical (unpaired) electrons. The van der Waals surface area contributed by atoms with Crippen molar-refractivity contribution in [3.8, 4) is 0 Å². The Morgan fingerprint density at radius 3 is 2.28 bits per heavy atom. The second kappa shape index (κ2) is 4.47. The lowest BCUT2D eigenvalue weighted by atomic mass is 10.1. The molecule has 4 nitrogen and oxygen atoms in total. The quantitative estimate of drug-likeness (QED) is 0.606. The summed E-state index contributed by atoms with van der Waals surface area (Å²) in [6.45, 7) is 1.27. The number of hydrogen-bond donors (Lipinski definition) is 0. The van der Waals surface area contributed by atoms with Crippen molar-refractivity contribution in [3.05, 3.63) is 33.9 Å². The monoisotopic (exact) mass is 260 g/mol. The molecule has 0 aromatic heterocycles. The van der Waals surface area contributed by atoms with Crippen molar-refractivity contribution in [2.24, 2.45) is 0 Å². The normalized spacial score (nSPS) is 16.1. The molecule has 0 bridgehead atoms. The highest BCUT2D eigenvalue weighted by Crippen LogP contribution is 2.35. The molecule has 7 heteroatoms. The Morgan fingerprint density at radius 1 is 1.17 bits per heavy atom. The van der Waals surface area contributed by atoms with E-state index in [1.165, 1.54) is 6.07 Å². The van der Waals surface area contributed by atoms with Crippen molar-refractivity contribution in [2.75, 3.05) is 18.0 Å². The Morgan fingerprint density at radius 2 is 1.78 bits per heavy atom. The number of nitro groups is 1. The topological polar surface area (TPSA) is 46.4 Å². The van der Waals surface area contributed by atoms with E-state index >= 15 is 0 Å². The Hall–Kier alpha value is -1.79. The van der Waals surface area contributed by atoms with E-state index in [4.69, 9.17) is 0 Å². The molecule has 1 aromatic rings. The number of hydrogen-bond acceptors (Lipinski definition) is 3. The number of nitro benzene ring substituents is 1. The van der Waals surface area contributed by atoms with Crippen LogP contribution in [0.4, 0.5) is 24.5 Å². The van der Waals surface area contributed by atoms with Gasteiger partial charge >= 0.3 is 6.18 Å². The molecular formula is C11H11F3N2O2. The maximum Gasteiger partial charge on any atom is 0.416 e. The van der Waals surface area contributed by atoms with Gasteiger partial charge in [0.15, 0.2) is 0 Å². The lowest BCUT2D eigenvalue weighted by molar-refractivity contribution is -0.385. The van der Waals surface area contributed by atoms with Crippen LogP contribution in [0.25, 0.3) is 0 Å². The molecule has 0 saturated carbocycles. The summed E-state index contributed by atoms with van der Waals surface area (Å²) in [5.74, 6) is 0. The third kappa shape index (κ3) is 2.55. The molecule has 18 heavy (non-hydrogen) atoms. The lowest BCUT2D eigenvalue weighted by Gasteiger charge is -2.19. The maximum atomic E-state index is 12.7. The highest BCUT2D eigenvalue weighted by atomic mass is 19.4. The summed E-state index contributed by atoms with van der Waals surface area (Å²) < 4.78 is 38.0. The third-order valence-corrected chi connectivity index (χ3v) is 2.91. The average Bonchev–Trinajstić information content (AvgIpc) is 2.80. The number of benzene rings is 1. The van der Waals surface area contributed by atoms with Crippen molar-refractivity contribution in [1.82, 2.24) is 0 Å². The Kier molecular flexibility index (Phi) is 3.14. The molecule has 0 atom stereocenters. The van der Waals surface area contributed by atoms with Gasteiger partial charge in [-0.15, -0.1) is 0 Å². The van der Waals surface area contributed by atoms with Crippen LogP contribution >= 0.6 is 0 Å². The van der Waals surface area contributed by atoms with E-state index in [1.54, 1.807) is 4.90 Å². The molecule has 1 aliphatic rings. The van der Waals surface area contributed by atoms with Crippen molar-refractivity contribution in [2.45, 2.75) is 19.0 Å². The van der Waals surface area contributed by atoms with Crippen LogP contribution in [0.15, 0.2) is 18.2 Å². The van der Waals surface area contributed by atoms with Crippen LogP contribution in [0, 0.1) is 10.1 Å². The summed E-state index contributed by atoms with van der Waals surface area (Å²) in [7, 11) is 0. The summed E-state index contributed by atoms with van der Waals surface area (Å²) in [6, 6.07) is 2.73. The van der Waals surface area contributed by atoms with Crippen LogP contribution in [0.5, 0.6) is 0 Å². The van der Waals surface area contributed by atoms with E-state index < -0.39 is 22.4 Å². The van der Waals surface area contributed by atoms with E-state index in [0.29, 0.717) is 19.2 Å². The predicted molar refractivity (Wildman–Crippen MR) is 59.5 cm³/mol. The highest BCUT2D eigenvalue weighted by Gasteiger charge is 2.33. The highest BCUT2D eigenvalue weighted by molar-refractivity contribution is 5.57. The van der Waals surface area contributed by atoms with Crippen LogP contribution in [-0.4, -0.2) is 18.0 Å². The van der Waals surface area contributed by atoms with E-state index in [0.717, 1.165) is 18.9 Å². The number of nitrogens with zero attached hydrogens (tertiary/aromatic N) is 2. The van der Waals surface area contributed by atoms with Gasteiger partial charge in [-0.3, -0.25) is 10.1 Å². The number of halogens is 3. The number of rotatable bonds is 2. The van der Waals surface area contributed by atoms with Crippen molar-refractivity contribution >= 4 is 11.4 Å². The first kappa shape index (κ1) is 12.7. The molecule has 0 N–H and O–H groups in total. The summed E-state index contributed by atoms with van der Waals surface area (Å²) >= 11 is 0. The van der Waals surface area contributed by atoms with Crippen molar-refractivity contribution in [1.29, 1.82) is 0 Å². The minimum atomic E-state index is -4.57. The van der Waals surface area contributed by atoms with Gasteiger partial charge in [-0.2, -0.15) is 13.2 Å². The molecule has 98 valence electrons. The van der Waals surface area contributed by atoms with E-state index in [1.807, 2.05) is 0 Å². The minimum absolute atomic E-state index is 0.272. The van der Waals surface area contributed by atoms with Gasteiger partial charge in [0.1, 0.15) is 0 Å². The first-order chi connectivity index (χ1) is 8.38. The number of non-ortho nitro benzene ring substituents is 1. The summed E-state index contributed by atoms with van der Waals surface area (Å²) in [4.78, 5) is 11.6. The molecular weight excluding hydrogens is 249 g/mol. The fourth-order valence-electron chi connectivity index (χ4n) is 2.02. The zero-order valence-corrected chi connectivity index (χ0v) is 9.41. The molecule has 0 spiro atoms. The largest absolute Gasteiger partial charge is 0.416 e. The van der Waals surface area contributed by atoms with Crippen molar-refractivity contribution in [3.63, 3.8) is 0 Å². The van der Waals surface area contributed by atoms with E-state index in [2.05, 4.69) is 0 Å². The van der Waals surface area contributed by atoms with Gasteiger partial charge in [-0.05, 0) is 18.9 Å². The minimum Gasteiger partial charge on any atom is -0.371 e. The predicted octanol–water partition coefficient (Wildman–Crippen LogP) is 3.21. The molecule has 1 aliphatic heterocycles. The van der Waals surface area contributed by atoms with Gasteiger partial charge in [0.25, 0.3) is 5.69 Å². The van der Waals surface area contributed by atoms with Gasteiger partial charge in [0, 0.05) is 30.9 Å². The van der Waals surface area contributed by atoms with Crippen molar-refractivity contribution < 1.29 is 18.1 Å². The third-order valence-electron chi connectivity index (χ3n) is 2.91. The van der Waals surface area contributed by atoms with E-state index in [9.17, 15) is 23.3 Å². The number of anilines is 1. The van der Waals surface area contributed by atoms with Gasteiger partial charge in [-0.1, -0.05) is 0 Å². The van der Waals surface area contributed by atoms with Crippen LogP contribution in [-0.2, 0) is 6.18 Å². The molecule has 2 rings (SSSR count). The second-order valence-electron chi connectivity index (χ2n) is 4.19. The van der Waals surface area contributed by atoms with Gasteiger partial charge < -0.3 is 4.90 Å². The average molecular weight is 260 g/mol. The SMILES string of the molecule is O=[N+]([O-])c1cc(N2CCCC2)cc(C(F)(F)F)c1. The molecule has 1 fully saturated rings. The van der Waals surface area contributed by atoms with Crippen LogP contribution < -0.4 is 4.90 Å². The smallest absolute Gasteiger partial charge is 0.371 e. The fraction of sp³-hybridized carbons (Fsp3) is 0.455. The van der Waals surface area contributed by atoms with Crippen LogP contribution in [0.2, 0.25) is 0 Å². The summed E-state index contributed by atoms with van der Waals surface area (Å²) in [5, 5.41) is 10.7. The summed E-state index contributed by atoms with van der Waals surface area (Å²) in [5.41, 5.74) is -1.22. The zero-order chi connectivity index (χ0) is 13.3. The Balaban J connectivity index is 2.45. The van der Waals surface area contributed by atoms with Gasteiger partial charge in [0.05, 0.1) is 10.5 Å². The van der Waals surface area contributed by atoms with Gasteiger partial charge in [0.2, 0.25) is 0 Å². The van der Waals surface area contributed by atoms with Crippen LogP contribution in [0.1, 0.15) is 18.4 Å². The standard InChI is InChI=1S/C11H11F3N2O2/c12-11(13,14)8-5-9(15-3-1-2-4-15)7-10(6-8)16(17)18/h5-7H,1-4H2. The molecule has 1 aromatic carbocycles. The molecule has 1 saturated heterocycles. The zero-order valence-electron chi connectivity index (χ0n) is 9.41. The fourth-order valence-corrected chi connectivity index (χ4v) is 2.02. The second-order valence-corrected chi connectivity index (χ2v) is 4.19. The maximum absolute atomic E-state index is 12.7.